The molecule has 4 aromatic rings. The molecule has 0 amide bonds. The third-order valence-corrected chi connectivity index (χ3v) is 5.02. The minimum Gasteiger partial charge on any atom is -0.318 e. The van der Waals surface area contributed by atoms with Gasteiger partial charge < -0.3 is 5.32 Å². The monoisotopic (exact) mass is 371 g/mol. The summed E-state index contributed by atoms with van der Waals surface area (Å²) in [6.07, 6.45) is 0.954. The first-order valence-corrected chi connectivity index (χ1v) is 9.08. The lowest BCUT2D eigenvalue weighted by molar-refractivity contribution is 0.567. The van der Waals surface area contributed by atoms with Crippen LogP contribution in [0, 0.1) is 0 Å². The van der Waals surface area contributed by atoms with E-state index in [1.807, 2.05) is 30.3 Å². The van der Waals surface area contributed by atoms with Gasteiger partial charge in [0.15, 0.2) is 0 Å². The highest BCUT2D eigenvalue weighted by atomic mass is 16.1. The van der Waals surface area contributed by atoms with Crippen molar-refractivity contribution < 1.29 is 0 Å². The van der Waals surface area contributed by atoms with Crippen LogP contribution in [0.15, 0.2) is 59.4 Å². The summed E-state index contributed by atoms with van der Waals surface area (Å²) in [6.45, 7) is 2.12. The number of fused-ring (bicyclic) bond motifs is 2. The van der Waals surface area contributed by atoms with Gasteiger partial charge in [-0.05, 0) is 28.0 Å². The Morgan fingerprint density at radius 1 is 1.07 bits per heavy atom. The van der Waals surface area contributed by atoms with Crippen molar-refractivity contribution in [2.45, 2.75) is 19.4 Å². The number of benzene rings is 2. The zero-order valence-corrected chi connectivity index (χ0v) is 15.1. The van der Waals surface area contributed by atoms with Gasteiger partial charge in [0.1, 0.15) is 11.7 Å². The number of hydrogen-bond acceptors (Lipinski definition) is 6. The van der Waals surface area contributed by atoms with Crippen LogP contribution in [0.1, 0.15) is 29.7 Å². The first-order valence-electron chi connectivity index (χ1n) is 9.08. The number of H-pyrrole nitrogens is 1. The van der Waals surface area contributed by atoms with Crippen LogP contribution in [0.5, 0.6) is 0 Å². The van der Waals surface area contributed by atoms with Crippen LogP contribution in [0.4, 0.5) is 11.6 Å². The zero-order valence-electron chi connectivity index (χ0n) is 15.1. The maximum atomic E-state index is 12.6. The van der Waals surface area contributed by atoms with Crippen LogP contribution in [0.25, 0.3) is 11.3 Å². The van der Waals surface area contributed by atoms with E-state index in [9.17, 15) is 4.79 Å². The Balaban J connectivity index is 1.79. The number of rotatable bonds is 3. The fourth-order valence-corrected chi connectivity index (χ4v) is 3.60. The molecule has 1 aliphatic rings. The van der Waals surface area contributed by atoms with Gasteiger partial charge in [-0.15, -0.1) is 0 Å². The van der Waals surface area contributed by atoms with Gasteiger partial charge in [0.05, 0.1) is 5.69 Å². The lowest BCUT2D eigenvalue weighted by Gasteiger charge is -2.27. The van der Waals surface area contributed by atoms with Gasteiger partial charge in [0, 0.05) is 11.1 Å². The molecule has 2 aromatic heterocycles. The molecule has 1 unspecified atom stereocenters. The molecule has 0 spiro atoms. The normalized spacial score (nSPS) is 14.8. The number of aromatic nitrogens is 6. The fourth-order valence-electron chi connectivity index (χ4n) is 3.60. The van der Waals surface area contributed by atoms with Crippen molar-refractivity contribution in [2.75, 3.05) is 5.32 Å². The zero-order chi connectivity index (χ0) is 19.1. The van der Waals surface area contributed by atoms with Crippen LogP contribution in [0.2, 0.25) is 0 Å². The molecule has 0 aliphatic carbocycles. The van der Waals surface area contributed by atoms with Crippen LogP contribution in [-0.4, -0.2) is 30.4 Å². The average molecular weight is 371 g/mol. The smallest absolute Gasteiger partial charge is 0.288 e. The molecule has 8 nitrogen and oxygen atoms in total. The molecule has 1 aliphatic heterocycles. The molecule has 1 atom stereocenters. The minimum atomic E-state index is -0.364. The molecule has 8 heteroatoms. The molecule has 0 bridgehead atoms. The van der Waals surface area contributed by atoms with Gasteiger partial charge in [0.2, 0.25) is 5.95 Å². The standard InChI is InChI=1S/C20H17N7O/c1-2-12-8-10-14(11-9-12)18-15-16(13-6-4-3-5-7-13)22-23-19(28)17(15)21-20-24-25-26-27(18)20/h3-11,18H,2H2,1H3,(H,23,28)(H,21,24,26). The van der Waals surface area contributed by atoms with Crippen LogP contribution in [0.3, 0.4) is 0 Å². The van der Waals surface area contributed by atoms with E-state index < -0.39 is 0 Å². The number of aryl methyl sites for hydroxylation is 1. The maximum Gasteiger partial charge on any atom is 0.288 e. The van der Waals surface area contributed by atoms with Crippen molar-refractivity contribution in [1.29, 1.82) is 0 Å². The molecular weight excluding hydrogens is 354 g/mol. The summed E-state index contributed by atoms with van der Waals surface area (Å²) in [5.41, 5.74) is 4.68. The quantitative estimate of drug-likeness (QED) is 0.506. The Kier molecular flexibility index (Phi) is 3.75. The second kappa shape index (κ2) is 6.41. The van der Waals surface area contributed by atoms with E-state index in [0.717, 1.165) is 23.1 Å². The summed E-state index contributed by atoms with van der Waals surface area (Å²) in [4.78, 5) is 12.6. The molecule has 28 heavy (non-hydrogen) atoms. The fraction of sp³-hybridized carbons (Fsp3) is 0.150. The third-order valence-electron chi connectivity index (χ3n) is 5.02. The van der Waals surface area contributed by atoms with E-state index >= 15 is 0 Å². The van der Waals surface area contributed by atoms with E-state index in [2.05, 4.69) is 62.2 Å². The molecule has 138 valence electrons. The van der Waals surface area contributed by atoms with Crippen molar-refractivity contribution in [3.05, 3.63) is 81.6 Å². The Morgan fingerprint density at radius 3 is 2.61 bits per heavy atom. The summed E-state index contributed by atoms with van der Waals surface area (Å²) >= 11 is 0. The predicted octanol–water partition coefficient (Wildman–Crippen LogP) is 2.68. The van der Waals surface area contributed by atoms with Gasteiger partial charge in [-0.25, -0.2) is 5.10 Å². The minimum absolute atomic E-state index is 0.306. The number of tetrazole rings is 1. The van der Waals surface area contributed by atoms with Gasteiger partial charge in [0.25, 0.3) is 5.56 Å². The molecule has 3 heterocycles. The molecule has 0 radical (unpaired) electrons. The molecule has 2 N–H and O–H groups in total. The second-order valence-electron chi connectivity index (χ2n) is 6.63. The predicted molar refractivity (Wildman–Crippen MR) is 104 cm³/mol. The van der Waals surface area contributed by atoms with Crippen molar-refractivity contribution in [1.82, 2.24) is 30.4 Å². The molecule has 0 fully saturated rings. The summed E-state index contributed by atoms with van der Waals surface area (Å²) in [6, 6.07) is 17.7. The van der Waals surface area contributed by atoms with Crippen LogP contribution < -0.4 is 10.9 Å². The van der Waals surface area contributed by atoms with E-state index in [1.165, 1.54) is 5.56 Å². The molecule has 2 aromatic carbocycles. The van der Waals surface area contributed by atoms with Crippen molar-refractivity contribution in [2.24, 2.45) is 0 Å². The van der Waals surface area contributed by atoms with Crippen molar-refractivity contribution >= 4 is 11.6 Å². The Labute approximate surface area is 160 Å². The lowest BCUT2D eigenvalue weighted by atomic mass is 9.92. The van der Waals surface area contributed by atoms with E-state index in [0.29, 0.717) is 17.3 Å². The van der Waals surface area contributed by atoms with Crippen LogP contribution >= 0.6 is 0 Å². The van der Waals surface area contributed by atoms with E-state index in [1.54, 1.807) is 4.68 Å². The van der Waals surface area contributed by atoms with E-state index in [-0.39, 0.29) is 11.6 Å². The first kappa shape index (κ1) is 16.4. The first-order chi connectivity index (χ1) is 13.8. The molecular formula is C20H17N7O. The SMILES string of the molecule is CCc1ccc(C2c3c(-c4ccccc4)n[nH]c(=O)c3Nc3nnnn32)cc1. The largest absolute Gasteiger partial charge is 0.318 e. The third kappa shape index (κ3) is 2.50. The summed E-state index contributed by atoms with van der Waals surface area (Å²) in [5.74, 6) is 0.424. The molecule has 5 rings (SSSR count). The number of nitrogens with one attached hydrogen (secondary N) is 2. The topological polar surface area (TPSA) is 101 Å². The number of anilines is 2. The summed E-state index contributed by atoms with van der Waals surface area (Å²) < 4.78 is 1.69. The van der Waals surface area contributed by atoms with Crippen molar-refractivity contribution in [3.8, 4) is 11.3 Å². The summed E-state index contributed by atoms with van der Waals surface area (Å²) in [5, 5.41) is 22.0. The number of aromatic amines is 1. The highest BCUT2D eigenvalue weighted by molar-refractivity contribution is 5.75. The van der Waals surface area contributed by atoms with Crippen LogP contribution in [-0.2, 0) is 6.42 Å². The Bertz CT molecular complexity index is 1200. The number of nitrogens with zero attached hydrogens (tertiary/aromatic N) is 5. The van der Waals surface area contributed by atoms with Crippen molar-refractivity contribution in [3.63, 3.8) is 0 Å². The maximum absolute atomic E-state index is 12.6. The Hall–Kier alpha value is -3.81. The highest BCUT2D eigenvalue weighted by Crippen LogP contribution is 2.40. The van der Waals surface area contributed by atoms with Gasteiger partial charge >= 0.3 is 0 Å². The van der Waals surface area contributed by atoms with Gasteiger partial charge in [-0.1, -0.05) is 66.6 Å². The molecule has 0 saturated carbocycles. The summed E-state index contributed by atoms with van der Waals surface area (Å²) in [7, 11) is 0. The highest BCUT2D eigenvalue weighted by Gasteiger charge is 2.34. The number of hydrogen-bond donors (Lipinski definition) is 2. The van der Waals surface area contributed by atoms with Gasteiger partial charge in [-0.2, -0.15) is 9.78 Å². The lowest BCUT2D eigenvalue weighted by Crippen LogP contribution is -2.29. The molecule has 0 saturated heterocycles. The average Bonchev–Trinajstić information content (AvgIpc) is 3.22. The van der Waals surface area contributed by atoms with Gasteiger partial charge in [-0.3, -0.25) is 4.79 Å². The second-order valence-corrected chi connectivity index (χ2v) is 6.63. The Morgan fingerprint density at radius 2 is 1.86 bits per heavy atom. The van der Waals surface area contributed by atoms with E-state index in [4.69, 9.17) is 0 Å².